The lowest BCUT2D eigenvalue weighted by molar-refractivity contribution is -0.00966. The highest BCUT2D eigenvalue weighted by molar-refractivity contribution is 7.81. The fourth-order valence-electron chi connectivity index (χ4n) is 1.49. The highest BCUT2D eigenvalue weighted by Gasteiger charge is 2.38. The Morgan fingerprint density at radius 1 is 1.33 bits per heavy atom. The van der Waals surface area contributed by atoms with Crippen molar-refractivity contribution in [3.8, 4) is 5.75 Å². The predicted octanol–water partition coefficient (Wildman–Crippen LogP) is 3.16. The van der Waals surface area contributed by atoms with Gasteiger partial charge in [-0.1, -0.05) is 23.2 Å². The number of thiol groups is 1. The van der Waals surface area contributed by atoms with E-state index in [-0.39, 0.29) is 4.75 Å². The van der Waals surface area contributed by atoms with Crippen molar-refractivity contribution < 1.29 is 9.47 Å². The van der Waals surface area contributed by atoms with Gasteiger partial charge in [-0.25, -0.2) is 0 Å². The Labute approximate surface area is 104 Å². The van der Waals surface area contributed by atoms with Crippen LogP contribution in [0.5, 0.6) is 5.75 Å². The topological polar surface area (TPSA) is 18.5 Å². The fourth-order valence-corrected chi connectivity index (χ4v) is 2.50. The number of benzene rings is 1. The van der Waals surface area contributed by atoms with Crippen LogP contribution >= 0.6 is 35.8 Å². The van der Waals surface area contributed by atoms with Gasteiger partial charge >= 0.3 is 0 Å². The molecule has 0 radical (unpaired) electrons. The minimum atomic E-state index is -0.313. The van der Waals surface area contributed by atoms with Crippen molar-refractivity contribution in [1.29, 1.82) is 0 Å². The van der Waals surface area contributed by atoms with Gasteiger partial charge in [0.2, 0.25) is 0 Å². The summed E-state index contributed by atoms with van der Waals surface area (Å²) in [6.07, 6.45) is 0. The van der Waals surface area contributed by atoms with Crippen LogP contribution in [0.25, 0.3) is 0 Å². The molecule has 0 aromatic heterocycles. The molecule has 1 aliphatic heterocycles. The molecule has 5 heteroatoms. The summed E-state index contributed by atoms with van der Waals surface area (Å²) in [6, 6.07) is 3.49. The molecule has 1 aromatic carbocycles. The number of halogens is 2. The van der Waals surface area contributed by atoms with Crippen LogP contribution in [0.1, 0.15) is 5.56 Å². The van der Waals surface area contributed by atoms with Crippen molar-refractivity contribution in [3.63, 3.8) is 0 Å². The maximum absolute atomic E-state index is 6.13. The summed E-state index contributed by atoms with van der Waals surface area (Å²) in [4.78, 5) is 0. The Hall–Kier alpha value is -0.0900. The van der Waals surface area contributed by atoms with E-state index in [9.17, 15) is 0 Å². The second-order valence-electron chi connectivity index (χ2n) is 3.49. The Balaban J connectivity index is 2.45. The Bertz CT molecular complexity index is 391. The summed E-state index contributed by atoms with van der Waals surface area (Å²) in [7, 11) is 1.56. The zero-order valence-electron chi connectivity index (χ0n) is 8.09. The van der Waals surface area contributed by atoms with Crippen molar-refractivity contribution in [2.45, 2.75) is 4.75 Å². The molecule has 1 saturated heterocycles. The summed E-state index contributed by atoms with van der Waals surface area (Å²) in [6.45, 7) is 1.11. The van der Waals surface area contributed by atoms with Gasteiger partial charge in [0.05, 0.1) is 30.1 Å². The van der Waals surface area contributed by atoms with Crippen molar-refractivity contribution in [2.75, 3.05) is 20.3 Å². The standard InChI is InChI=1S/C10H10Cl2O2S/c1-13-9-3-7(11)6(2-8(9)12)10(15)4-14-5-10/h2-3,15H,4-5H2,1H3. The van der Waals surface area contributed by atoms with Gasteiger partial charge in [0.15, 0.2) is 0 Å². The van der Waals surface area contributed by atoms with Gasteiger partial charge in [0, 0.05) is 11.1 Å². The molecule has 0 spiro atoms. The van der Waals surface area contributed by atoms with E-state index in [1.54, 1.807) is 19.2 Å². The SMILES string of the molecule is COc1cc(Cl)c(C2(S)COC2)cc1Cl. The van der Waals surface area contributed by atoms with E-state index in [4.69, 9.17) is 32.7 Å². The van der Waals surface area contributed by atoms with Gasteiger partial charge in [-0.3, -0.25) is 0 Å². The maximum Gasteiger partial charge on any atom is 0.138 e. The van der Waals surface area contributed by atoms with Gasteiger partial charge in [-0.15, -0.1) is 0 Å². The van der Waals surface area contributed by atoms with E-state index in [2.05, 4.69) is 12.6 Å². The summed E-state index contributed by atoms with van der Waals surface area (Å²) in [5.41, 5.74) is 0.893. The smallest absolute Gasteiger partial charge is 0.138 e. The van der Waals surface area contributed by atoms with E-state index in [0.717, 1.165) is 5.56 Å². The number of rotatable bonds is 2. The summed E-state index contributed by atoms with van der Waals surface area (Å²) < 4.78 is 9.89. The third kappa shape index (κ3) is 1.94. The van der Waals surface area contributed by atoms with Crippen molar-refractivity contribution in [2.24, 2.45) is 0 Å². The van der Waals surface area contributed by atoms with E-state index in [1.807, 2.05) is 0 Å². The van der Waals surface area contributed by atoms with E-state index in [1.165, 1.54) is 0 Å². The Kier molecular flexibility index (Phi) is 3.08. The molecule has 0 amide bonds. The predicted molar refractivity (Wildman–Crippen MR) is 64.5 cm³/mol. The van der Waals surface area contributed by atoms with E-state index in [0.29, 0.717) is 29.0 Å². The molecule has 2 nitrogen and oxygen atoms in total. The molecule has 1 heterocycles. The van der Waals surface area contributed by atoms with Gasteiger partial charge in [0.25, 0.3) is 0 Å². The summed E-state index contributed by atoms with van der Waals surface area (Å²) in [5.74, 6) is 0.572. The molecule has 0 atom stereocenters. The van der Waals surface area contributed by atoms with Gasteiger partial charge in [-0.05, 0) is 11.6 Å². The highest BCUT2D eigenvalue weighted by Crippen LogP contribution is 2.43. The molecule has 15 heavy (non-hydrogen) atoms. The highest BCUT2D eigenvalue weighted by atomic mass is 35.5. The van der Waals surface area contributed by atoms with Crippen LogP contribution in [-0.4, -0.2) is 20.3 Å². The monoisotopic (exact) mass is 264 g/mol. The molecule has 0 bridgehead atoms. The van der Waals surface area contributed by atoms with Gasteiger partial charge in [0.1, 0.15) is 5.75 Å². The van der Waals surface area contributed by atoms with Crippen LogP contribution in [0.2, 0.25) is 10.0 Å². The Morgan fingerprint density at radius 2 is 2.00 bits per heavy atom. The van der Waals surface area contributed by atoms with Crippen LogP contribution < -0.4 is 4.74 Å². The third-order valence-electron chi connectivity index (χ3n) is 2.42. The lowest BCUT2D eigenvalue weighted by Crippen LogP contribution is -2.41. The average Bonchev–Trinajstić information content (AvgIpc) is 2.17. The molecular formula is C10H10Cl2O2S. The number of ether oxygens (including phenoxy) is 2. The molecular weight excluding hydrogens is 255 g/mol. The minimum absolute atomic E-state index is 0.313. The first-order valence-electron chi connectivity index (χ1n) is 4.40. The molecule has 0 aliphatic carbocycles. The molecule has 0 N–H and O–H groups in total. The quantitative estimate of drug-likeness (QED) is 0.828. The summed E-state index contributed by atoms with van der Waals surface area (Å²) >= 11 is 16.7. The van der Waals surface area contributed by atoms with Crippen molar-refractivity contribution in [3.05, 3.63) is 27.7 Å². The molecule has 2 rings (SSSR count). The molecule has 82 valence electrons. The molecule has 1 aromatic rings. The zero-order chi connectivity index (χ0) is 11.1. The summed E-state index contributed by atoms with van der Waals surface area (Å²) in [5, 5.41) is 1.15. The number of hydrogen-bond donors (Lipinski definition) is 1. The normalized spacial score (nSPS) is 18.4. The molecule has 1 fully saturated rings. The van der Waals surface area contributed by atoms with Gasteiger partial charge < -0.3 is 9.47 Å². The minimum Gasteiger partial charge on any atom is -0.495 e. The average molecular weight is 265 g/mol. The Morgan fingerprint density at radius 3 is 2.47 bits per heavy atom. The molecule has 0 saturated carbocycles. The number of methoxy groups -OCH3 is 1. The first-order valence-corrected chi connectivity index (χ1v) is 5.61. The second kappa shape index (κ2) is 4.06. The van der Waals surface area contributed by atoms with Crippen LogP contribution in [0.3, 0.4) is 0 Å². The van der Waals surface area contributed by atoms with E-state index >= 15 is 0 Å². The number of hydrogen-bond acceptors (Lipinski definition) is 3. The lowest BCUT2D eigenvalue weighted by atomic mass is 9.96. The van der Waals surface area contributed by atoms with Crippen LogP contribution in [-0.2, 0) is 9.48 Å². The second-order valence-corrected chi connectivity index (χ2v) is 5.16. The van der Waals surface area contributed by atoms with Crippen LogP contribution in [0.4, 0.5) is 0 Å². The van der Waals surface area contributed by atoms with Crippen molar-refractivity contribution >= 4 is 35.8 Å². The van der Waals surface area contributed by atoms with Crippen LogP contribution in [0, 0.1) is 0 Å². The maximum atomic E-state index is 6.13. The van der Waals surface area contributed by atoms with Gasteiger partial charge in [-0.2, -0.15) is 12.6 Å². The molecule has 0 unspecified atom stereocenters. The largest absolute Gasteiger partial charge is 0.495 e. The van der Waals surface area contributed by atoms with E-state index < -0.39 is 0 Å². The lowest BCUT2D eigenvalue weighted by Gasteiger charge is -2.38. The van der Waals surface area contributed by atoms with Crippen LogP contribution in [0.15, 0.2) is 12.1 Å². The molecule has 1 aliphatic rings. The third-order valence-corrected chi connectivity index (χ3v) is 3.53. The first kappa shape index (κ1) is 11.4. The van der Waals surface area contributed by atoms with Crippen molar-refractivity contribution in [1.82, 2.24) is 0 Å². The fraction of sp³-hybridized carbons (Fsp3) is 0.400. The first-order chi connectivity index (χ1) is 7.07. The zero-order valence-corrected chi connectivity index (χ0v) is 10.5.